The van der Waals surface area contributed by atoms with Gasteiger partial charge in [0.25, 0.3) is 5.91 Å². The van der Waals surface area contributed by atoms with Gasteiger partial charge in [0.2, 0.25) is 5.91 Å². The van der Waals surface area contributed by atoms with Crippen molar-refractivity contribution in [2.24, 2.45) is 0 Å². The molecule has 6 nitrogen and oxygen atoms in total. The molecule has 2 amide bonds. The first kappa shape index (κ1) is 20.0. The topological polar surface area (TPSA) is 71.5 Å². The van der Waals surface area contributed by atoms with Gasteiger partial charge >= 0.3 is 0 Å². The number of hydrogen-bond acceptors (Lipinski definition) is 5. The van der Waals surface area contributed by atoms with Crippen LogP contribution in [0.2, 0.25) is 0 Å². The summed E-state index contributed by atoms with van der Waals surface area (Å²) in [4.78, 5) is 32.5. The number of amides is 2. The number of nitrogens with one attached hydrogen (secondary N) is 1. The second kappa shape index (κ2) is 7.54. The third-order valence-electron chi connectivity index (χ3n) is 5.83. The molecule has 1 N–H and O–H groups in total. The van der Waals surface area contributed by atoms with Crippen LogP contribution in [0.3, 0.4) is 0 Å². The Balaban J connectivity index is 1.53. The normalized spacial score (nSPS) is 18.6. The maximum Gasteiger partial charge on any atom is 0.254 e. The van der Waals surface area contributed by atoms with Crippen LogP contribution >= 0.6 is 11.3 Å². The van der Waals surface area contributed by atoms with Crippen LogP contribution < -0.4 is 5.32 Å². The summed E-state index contributed by atoms with van der Waals surface area (Å²) in [5.41, 5.74) is 2.15. The molecule has 0 radical (unpaired) electrons. The molecule has 2 aromatic rings. The molecule has 1 aromatic heterocycles. The summed E-state index contributed by atoms with van der Waals surface area (Å²) in [6.07, 6.45) is 1.57. The lowest BCUT2D eigenvalue weighted by atomic mass is 9.84. The maximum atomic E-state index is 13.1. The van der Waals surface area contributed by atoms with Crippen LogP contribution in [0.15, 0.2) is 29.6 Å². The van der Waals surface area contributed by atoms with E-state index in [1.165, 1.54) is 11.3 Å². The van der Waals surface area contributed by atoms with Crippen LogP contribution in [0, 0.1) is 0 Å². The Morgan fingerprint density at radius 1 is 1.28 bits per heavy atom. The number of thiazole rings is 1. The molecule has 0 aliphatic carbocycles. The largest absolute Gasteiger partial charge is 0.381 e. The first-order valence-corrected chi connectivity index (χ1v) is 10.9. The summed E-state index contributed by atoms with van der Waals surface area (Å²) in [6.45, 7) is 7.95. The zero-order valence-corrected chi connectivity index (χ0v) is 18.0. The van der Waals surface area contributed by atoms with Gasteiger partial charge in [0, 0.05) is 36.1 Å². The van der Waals surface area contributed by atoms with Gasteiger partial charge in [-0.15, -0.1) is 11.3 Å². The van der Waals surface area contributed by atoms with Gasteiger partial charge in [-0.1, -0.05) is 39.0 Å². The smallest absolute Gasteiger partial charge is 0.254 e. The Labute approximate surface area is 175 Å². The molecule has 0 spiro atoms. The van der Waals surface area contributed by atoms with Crippen molar-refractivity contribution >= 4 is 28.3 Å². The molecule has 0 saturated carbocycles. The van der Waals surface area contributed by atoms with E-state index in [1.807, 2.05) is 34.5 Å². The van der Waals surface area contributed by atoms with E-state index in [-0.39, 0.29) is 23.7 Å². The van der Waals surface area contributed by atoms with E-state index < -0.39 is 5.54 Å². The molecule has 1 saturated heterocycles. The minimum atomic E-state index is -0.525. The monoisotopic (exact) mass is 413 g/mol. The molecule has 0 bridgehead atoms. The predicted octanol–water partition coefficient (Wildman–Crippen LogP) is 3.97. The van der Waals surface area contributed by atoms with Crippen molar-refractivity contribution in [2.45, 2.75) is 57.5 Å². The standard InChI is InChI=1S/C22H27N3O3S/c1-21(2,3)17-14-29-20(23-17)24-18(26)12-22(8-10-28-11-9-22)25-13-15-6-4-5-7-16(15)19(25)27/h4-7,14H,8-13H2,1-3H3,(H,23,24,26). The van der Waals surface area contributed by atoms with Crippen molar-refractivity contribution in [1.82, 2.24) is 9.88 Å². The maximum absolute atomic E-state index is 13.1. The Kier molecular flexibility index (Phi) is 5.21. The van der Waals surface area contributed by atoms with Crippen molar-refractivity contribution in [1.29, 1.82) is 0 Å². The number of anilines is 1. The van der Waals surface area contributed by atoms with Gasteiger partial charge < -0.3 is 15.0 Å². The molecule has 29 heavy (non-hydrogen) atoms. The minimum Gasteiger partial charge on any atom is -0.381 e. The Bertz CT molecular complexity index is 925. The second-order valence-corrected chi connectivity index (χ2v) is 9.76. The average Bonchev–Trinajstić information content (AvgIpc) is 3.28. The van der Waals surface area contributed by atoms with Gasteiger partial charge in [0.15, 0.2) is 5.13 Å². The summed E-state index contributed by atoms with van der Waals surface area (Å²) in [5.74, 6) is -0.0926. The van der Waals surface area contributed by atoms with Crippen LogP contribution in [0.25, 0.3) is 0 Å². The molecule has 1 fully saturated rings. The zero-order valence-electron chi connectivity index (χ0n) is 17.2. The summed E-state index contributed by atoms with van der Waals surface area (Å²) in [7, 11) is 0. The molecular formula is C22H27N3O3S. The number of rotatable bonds is 4. The number of carbonyl (C=O) groups excluding carboxylic acids is 2. The van der Waals surface area contributed by atoms with E-state index in [0.29, 0.717) is 37.7 Å². The fourth-order valence-corrected chi connectivity index (χ4v) is 5.02. The van der Waals surface area contributed by atoms with Gasteiger partial charge in [0.05, 0.1) is 17.7 Å². The van der Waals surface area contributed by atoms with E-state index in [9.17, 15) is 9.59 Å². The summed E-state index contributed by atoms with van der Waals surface area (Å²) < 4.78 is 5.56. The molecule has 1 aromatic carbocycles. The summed E-state index contributed by atoms with van der Waals surface area (Å²) in [5, 5.41) is 5.55. The quantitative estimate of drug-likeness (QED) is 0.823. The van der Waals surface area contributed by atoms with E-state index in [2.05, 4.69) is 31.1 Å². The molecule has 2 aliphatic heterocycles. The van der Waals surface area contributed by atoms with Crippen LogP contribution in [0.5, 0.6) is 0 Å². The zero-order chi connectivity index (χ0) is 20.6. The van der Waals surface area contributed by atoms with Crippen LogP contribution in [0.4, 0.5) is 5.13 Å². The highest BCUT2D eigenvalue weighted by molar-refractivity contribution is 7.13. The number of benzene rings is 1. The van der Waals surface area contributed by atoms with Crippen molar-refractivity contribution < 1.29 is 14.3 Å². The third kappa shape index (κ3) is 3.94. The number of nitrogens with zero attached hydrogens (tertiary/aromatic N) is 2. The van der Waals surface area contributed by atoms with Gasteiger partial charge in [-0.05, 0) is 24.5 Å². The van der Waals surface area contributed by atoms with Crippen LogP contribution in [-0.2, 0) is 21.5 Å². The Morgan fingerprint density at radius 2 is 2.00 bits per heavy atom. The van der Waals surface area contributed by atoms with Crippen LogP contribution in [0.1, 0.15) is 61.6 Å². The van der Waals surface area contributed by atoms with E-state index in [4.69, 9.17) is 4.74 Å². The van der Waals surface area contributed by atoms with Crippen molar-refractivity contribution in [3.05, 3.63) is 46.5 Å². The first-order valence-electron chi connectivity index (χ1n) is 10.0. The highest BCUT2D eigenvalue weighted by atomic mass is 32.1. The molecule has 7 heteroatoms. The Hall–Kier alpha value is -2.25. The van der Waals surface area contributed by atoms with Crippen molar-refractivity contribution in [3.63, 3.8) is 0 Å². The lowest BCUT2D eigenvalue weighted by Crippen LogP contribution is -2.54. The number of hydrogen-bond donors (Lipinski definition) is 1. The highest BCUT2D eigenvalue weighted by Crippen LogP contribution is 2.38. The van der Waals surface area contributed by atoms with E-state index >= 15 is 0 Å². The lowest BCUT2D eigenvalue weighted by molar-refractivity contribution is -0.120. The lowest BCUT2D eigenvalue weighted by Gasteiger charge is -2.44. The predicted molar refractivity (Wildman–Crippen MR) is 113 cm³/mol. The van der Waals surface area contributed by atoms with Crippen molar-refractivity contribution in [3.8, 4) is 0 Å². The third-order valence-corrected chi connectivity index (χ3v) is 6.58. The Morgan fingerprint density at radius 3 is 2.66 bits per heavy atom. The fraction of sp³-hybridized carbons (Fsp3) is 0.500. The molecular weight excluding hydrogens is 386 g/mol. The van der Waals surface area contributed by atoms with Gasteiger partial charge in [-0.25, -0.2) is 4.98 Å². The average molecular weight is 414 g/mol. The number of fused-ring (bicyclic) bond motifs is 1. The molecule has 0 unspecified atom stereocenters. The minimum absolute atomic E-state index is 0.0135. The highest BCUT2D eigenvalue weighted by Gasteiger charge is 2.46. The van der Waals surface area contributed by atoms with E-state index in [1.54, 1.807) is 0 Å². The summed E-state index contributed by atoms with van der Waals surface area (Å²) in [6, 6.07) is 7.70. The van der Waals surface area contributed by atoms with Gasteiger partial charge in [-0.3, -0.25) is 9.59 Å². The second-order valence-electron chi connectivity index (χ2n) is 8.90. The van der Waals surface area contributed by atoms with Crippen LogP contribution in [-0.4, -0.2) is 40.5 Å². The molecule has 4 rings (SSSR count). The molecule has 154 valence electrons. The SMILES string of the molecule is CC(C)(C)c1csc(NC(=O)CC2(N3Cc4ccccc4C3=O)CCOCC2)n1. The number of ether oxygens (including phenoxy) is 1. The number of aromatic nitrogens is 1. The number of carbonyl (C=O) groups is 2. The molecule has 2 aliphatic rings. The van der Waals surface area contributed by atoms with E-state index in [0.717, 1.165) is 16.8 Å². The van der Waals surface area contributed by atoms with Crippen molar-refractivity contribution in [2.75, 3.05) is 18.5 Å². The van der Waals surface area contributed by atoms with Gasteiger partial charge in [0.1, 0.15) is 0 Å². The fourth-order valence-electron chi connectivity index (χ4n) is 4.07. The molecule has 0 atom stereocenters. The first-order chi connectivity index (χ1) is 13.8. The molecule has 3 heterocycles. The summed E-state index contributed by atoms with van der Waals surface area (Å²) >= 11 is 1.44. The van der Waals surface area contributed by atoms with Gasteiger partial charge in [-0.2, -0.15) is 0 Å².